The van der Waals surface area contributed by atoms with Crippen LogP contribution in [0.25, 0.3) is 0 Å². The van der Waals surface area contributed by atoms with Gasteiger partial charge in [0, 0.05) is 5.54 Å². The molecule has 4 nitrogen and oxygen atoms in total. The van der Waals surface area contributed by atoms with Crippen molar-refractivity contribution >= 4 is 33.5 Å². The van der Waals surface area contributed by atoms with E-state index in [1.807, 2.05) is 6.92 Å². The van der Waals surface area contributed by atoms with Crippen molar-refractivity contribution in [3.05, 3.63) is 15.8 Å². The monoisotopic (exact) mass is 250 g/mol. The highest BCUT2D eigenvalue weighted by molar-refractivity contribution is 9.10. The fraction of sp³-hybridized carbons (Fsp3) is 0.333. The first-order valence-corrected chi connectivity index (χ1v) is 4.48. The topological polar surface area (TPSA) is 56.7 Å². The zero-order valence-corrected chi connectivity index (χ0v) is 8.80. The van der Waals surface area contributed by atoms with Gasteiger partial charge in [-0.3, -0.25) is 0 Å². The summed E-state index contributed by atoms with van der Waals surface area (Å²) in [6, 6.07) is 0. The van der Waals surface area contributed by atoms with Gasteiger partial charge in [0.1, 0.15) is 0 Å². The quantitative estimate of drug-likeness (QED) is 0.871. The number of rotatable bonds is 2. The number of nitrogens with zero attached hydrogens (tertiary/aromatic N) is 3. The summed E-state index contributed by atoms with van der Waals surface area (Å²) in [5.41, 5.74) is 7.86. The molecule has 0 unspecified atom stereocenters. The van der Waals surface area contributed by atoms with E-state index in [0.29, 0.717) is 11.3 Å². The van der Waals surface area contributed by atoms with Crippen LogP contribution in [-0.4, -0.2) is 14.8 Å². The Labute approximate surface area is 83.5 Å². The maximum absolute atomic E-state index is 5.49. The van der Waals surface area contributed by atoms with Crippen LogP contribution in [0, 0.1) is 0 Å². The van der Waals surface area contributed by atoms with Crippen molar-refractivity contribution in [1.29, 1.82) is 0 Å². The Morgan fingerprint density at radius 3 is 2.92 bits per heavy atom. The number of halogens is 2. The van der Waals surface area contributed by atoms with E-state index in [9.17, 15) is 0 Å². The highest BCUT2D eigenvalue weighted by Gasteiger charge is 2.03. The molecule has 1 heterocycles. The van der Waals surface area contributed by atoms with Crippen LogP contribution in [0.15, 0.2) is 15.8 Å². The van der Waals surface area contributed by atoms with Gasteiger partial charge in [-0.2, -0.15) is 4.98 Å². The molecule has 6 heteroatoms. The van der Waals surface area contributed by atoms with Crippen molar-refractivity contribution in [2.24, 2.45) is 0 Å². The van der Waals surface area contributed by atoms with Gasteiger partial charge in [-0.1, -0.05) is 11.6 Å². The van der Waals surface area contributed by atoms with Crippen LogP contribution >= 0.6 is 27.5 Å². The maximum atomic E-state index is 5.49. The molecule has 0 radical (unpaired) electrons. The van der Waals surface area contributed by atoms with Gasteiger partial charge in [0.15, 0.2) is 4.73 Å². The van der Waals surface area contributed by atoms with Gasteiger partial charge in [-0.25, -0.2) is 4.68 Å². The standard InChI is InChI=1S/C6H8BrClN4/c1-4(2-8)3-12-5(7)10-6(9)11-12/h2H,3H2,1H3,(H2,9,11)/b4-2+. The van der Waals surface area contributed by atoms with Gasteiger partial charge in [-0.15, -0.1) is 5.10 Å². The summed E-state index contributed by atoms with van der Waals surface area (Å²) in [7, 11) is 0. The molecule has 0 amide bonds. The summed E-state index contributed by atoms with van der Waals surface area (Å²) < 4.78 is 2.24. The van der Waals surface area contributed by atoms with E-state index >= 15 is 0 Å². The highest BCUT2D eigenvalue weighted by Crippen LogP contribution is 2.10. The van der Waals surface area contributed by atoms with Gasteiger partial charge in [0.2, 0.25) is 5.95 Å². The number of nitrogens with two attached hydrogens (primary N) is 1. The van der Waals surface area contributed by atoms with Crippen LogP contribution < -0.4 is 5.73 Å². The minimum absolute atomic E-state index is 0.254. The molecule has 0 fully saturated rings. The fourth-order valence-corrected chi connectivity index (χ4v) is 1.17. The van der Waals surface area contributed by atoms with Crippen LogP contribution in [0.2, 0.25) is 0 Å². The van der Waals surface area contributed by atoms with E-state index in [1.165, 1.54) is 5.54 Å². The number of anilines is 1. The SMILES string of the molecule is C/C(=C\Cl)Cn1nc(N)nc1Br. The van der Waals surface area contributed by atoms with E-state index in [1.54, 1.807) is 4.68 Å². The molecule has 0 saturated heterocycles. The van der Waals surface area contributed by atoms with Crippen molar-refractivity contribution in [2.75, 3.05) is 5.73 Å². The first kappa shape index (κ1) is 9.54. The Morgan fingerprint density at radius 1 is 1.83 bits per heavy atom. The van der Waals surface area contributed by atoms with E-state index in [0.717, 1.165) is 5.57 Å². The van der Waals surface area contributed by atoms with Crippen LogP contribution in [0.1, 0.15) is 6.92 Å². The number of allylic oxidation sites excluding steroid dienone is 1. The molecular formula is C6H8BrClN4. The minimum Gasteiger partial charge on any atom is -0.366 e. The average Bonchev–Trinajstić information content (AvgIpc) is 2.30. The predicted octanol–water partition coefficient (Wildman–Crippen LogP) is 1.77. The lowest BCUT2D eigenvalue weighted by molar-refractivity contribution is 0.662. The number of aromatic nitrogens is 3. The molecule has 66 valence electrons. The van der Waals surface area contributed by atoms with Gasteiger partial charge in [-0.05, 0) is 28.4 Å². The Morgan fingerprint density at radius 2 is 2.50 bits per heavy atom. The average molecular weight is 252 g/mol. The van der Waals surface area contributed by atoms with Crippen molar-refractivity contribution < 1.29 is 0 Å². The van der Waals surface area contributed by atoms with Crippen molar-refractivity contribution in [3.63, 3.8) is 0 Å². The lowest BCUT2D eigenvalue weighted by Gasteiger charge is -1.99. The largest absolute Gasteiger partial charge is 0.366 e. The second-order valence-electron chi connectivity index (χ2n) is 2.35. The Balaban J connectivity index is 2.82. The Bertz CT molecular complexity index is 306. The first-order valence-electron chi connectivity index (χ1n) is 3.25. The van der Waals surface area contributed by atoms with Crippen LogP contribution in [0.4, 0.5) is 5.95 Å². The van der Waals surface area contributed by atoms with Gasteiger partial charge in [0.05, 0.1) is 6.54 Å². The van der Waals surface area contributed by atoms with Gasteiger partial charge >= 0.3 is 0 Å². The predicted molar refractivity (Wildman–Crippen MR) is 51.7 cm³/mol. The maximum Gasteiger partial charge on any atom is 0.240 e. The lowest BCUT2D eigenvalue weighted by Crippen LogP contribution is -2.01. The molecule has 0 aliphatic heterocycles. The molecule has 0 aliphatic carbocycles. The lowest BCUT2D eigenvalue weighted by atomic mass is 10.4. The summed E-state index contributed by atoms with van der Waals surface area (Å²) in [5, 5.41) is 3.94. The summed E-state index contributed by atoms with van der Waals surface area (Å²) in [6.07, 6.45) is 0. The zero-order valence-electron chi connectivity index (χ0n) is 6.46. The minimum atomic E-state index is 0.254. The molecule has 1 aromatic rings. The van der Waals surface area contributed by atoms with Gasteiger partial charge in [0.25, 0.3) is 0 Å². The molecule has 0 aromatic carbocycles. The third kappa shape index (κ3) is 2.22. The van der Waals surface area contributed by atoms with Crippen LogP contribution in [-0.2, 0) is 6.54 Å². The second kappa shape index (κ2) is 3.91. The molecule has 12 heavy (non-hydrogen) atoms. The third-order valence-corrected chi connectivity index (χ3v) is 2.19. The van der Waals surface area contributed by atoms with Crippen molar-refractivity contribution in [1.82, 2.24) is 14.8 Å². The third-order valence-electron chi connectivity index (χ3n) is 1.23. The summed E-state index contributed by atoms with van der Waals surface area (Å²) >= 11 is 8.70. The number of nitrogen functional groups attached to an aromatic ring is 1. The molecule has 0 spiro atoms. The smallest absolute Gasteiger partial charge is 0.240 e. The molecule has 2 N–H and O–H groups in total. The van der Waals surface area contributed by atoms with Crippen LogP contribution in [0.5, 0.6) is 0 Å². The van der Waals surface area contributed by atoms with Crippen molar-refractivity contribution in [2.45, 2.75) is 13.5 Å². The summed E-state index contributed by atoms with van der Waals surface area (Å²) in [4.78, 5) is 3.87. The number of hydrogen-bond acceptors (Lipinski definition) is 3. The zero-order chi connectivity index (χ0) is 9.14. The molecule has 1 rings (SSSR count). The Hall–Kier alpha value is -0.550. The number of hydrogen-bond donors (Lipinski definition) is 1. The Kier molecular flexibility index (Phi) is 3.11. The summed E-state index contributed by atoms with van der Waals surface area (Å²) in [5.74, 6) is 0.254. The van der Waals surface area contributed by atoms with E-state index < -0.39 is 0 Å². The summed E-state index contributed by atoms with van der Waals surface area (Å²) in [6.45, 7) is 2.49. The van der Waals surface area contributed by atoms with Crippen LogP contribution in [0.3, 0.4) is 0 Å². The fourth-order valence-electron chi connectivity index (χ4n) is 0.711. The molecule has 0 atom stereocenters. The molecular weight excluding hydrogens is 243 g/mol. The molecule has 0 aliphatic rings. The van der Waals surface area contributed by atoms with Crippen molar-refractivity contribution in [3.8, 4) is 0 Å². The second-order valence-corrected chi connectivity index (χ2v) is 3.28. The van der Waals surface area contributed by atoms with E-state index in [-0.39, 0.29) is 5.95 Å². The van der Waals surface area contributed by atoms with E-state index in [4.69, 9.17) is 17.3 Å². The first-order chi connectivity index (χ1) is 5.63. The molecule has 0 bridgehead atoms. The van der Waals surface area contributed by atoms with E-state index in [2.05, 4.69) is 26.0 Å². The normalized spacial score (nSPS) is 12.1. The van der Waals surface area contributed by atoms with Gasteiger partial charge < -0.3 is 5.73 Å². The molecule has 1 aromatic heterocycles. The molecule has 0 saturated carbocycles. The highest BCUT2D eigenvalue weighted by atomic mass is 79.9.